The van der Waals surface area contributed by atoms with Gasteiger partial charge in [0.05, 0.1) is 0 Å². The van der Waals surface area contributed by atoms with Crippen molar-refractivity contribution in [1.82, 2.24) is 5.32 Å². The van der Waals surface area contributed by atoms with Crippen molar-refractivity contribution in [1.29, 1.82) is 0 Å². The van der Waals surface area contributed by atoms with E-state index in [4.69, 9.17) is 5.73 Å². The van der Waals surface area contributed by atoms with Crippen LogP contribution in [0.2, 0.25) is 0 Å². The predicted octanol–water partition coefficient (Wildman–Crippen LogP) is 3.00. The maximum absolute atomic E-state index is 6.12. The largest absolute Gasteiger partial charge is 0.326 e. The van der Waals surface area contributed by atoms with Gasteiger partial charge in [0.1, 0.15) is 0 Å². The van der Waals surface area contributed by atoms with E-state index in [0.717, 1.165) is 0 Å². The SMILES string of the molecule is CC(N)C(NC1CCCCC1)c1ccccc1. The number of benzene rings is 1. The Morgan fingerprint density at radius 1 is 1.12 bits per heavy atom. The van der Waals surface area contributed by atoms with E-state index in [1.807, 2.05) is 0 Å². The summed E-state index contributed by atoms with van der Waals surface area (Å²) in [5.41, 5.74) is 7.44. The first-order valence-electron chi connectivity index (χ1n) is 6.84. The third-order valence-electron chi connectivity index (χ3n) is 3.70. The fourth-order valence-electron chi connectivity index (χ4n) is 2.74. The van der Waals surface area contributed by atoms with E-state index in [2.05, 4.69) is 42.6 Å². The van der Waals surface area contributed by atoms with Gasteiger partial charge in [-0.2, -0.15) is 0 Å². The molecular weight excluding hydrogens is 208 g/mol. The van der Waals surface area contributed by atoms with E-state index in [0.29, 0.717) is 12.1 Å². The maximum Gasteiger partial charge on any atom is 0.0473 e. The Morgan fingerprint density at radius 2 is 1.76 bits per heavy atom. The Bertz CT molecular complexity index is 315. The lowest BCUT2D eigenvalue weighted by atomic mass is 9.92. The molecule has 0 aromatic heterocycles. The lowest BCUT2D eigenvalue weighted by molar-refractivity contribution is 0.320. The van der Waals surface area contributed by atoms with Gasteiger partial charge in [0, 0.05) is 18.1 Å². The van der Waals surface area contributed by atoms with E-state index < -0.39 is 0 Å². The first-order chi connectivity index (χ1) is 8.27. The molecule has 2 unspecified atom stereocenters. The molecule has 0 spiro atoms. The van der Waals surface area contributed by atoms with Crippen LogP contribution in [0.15, 0.2) is 30.3 Å². The molecule has 1 aromatic carbocycles. The molecule has 1 aromatic rings. The topological polar surface area (TPSA) is 38.0 Å². The van der Waals surface area contributed by atoms with Gasteiger partial charge in [-0.05, 0) is 25.3 Å². The van der Waals surface area contributed by atoms with Gasteiger partial charge in [0.2, 0.25) is 0 Å². The maximum atomic E-state index is 6.12. The quantitative estimate of drug-likeness (QED) is 0.837. The molecule has 0 saturated heterocycles. The summed E-state index contributed by atoms with van der Waals surface area (Å²) in [4.78, 5) is 0. The van der Waals surface area contributed by atoms with Crippen molar-refractivity contribution in [2.45, 2.75) is 57.2 Å². The minimum absolute atomic E-state index is 0.152. The summed E-state index contributed by atoms with van der Waals surface area (Å²) < 4.78 is 0. The predicted molar refractivity (Wildman–Crippen MR) is 72.8 cm³/mol. The molecule has 17 heavy (non-hydrogen) atoms. The van der Waals surface area contributed by atoms with Crippen molar-refractivity contribution >= 4 is 0 Å². The fraction of sp³-hybridized carbons (Fsp3) is 0.600. The number of hydrogen-bond acceptors (Lipinski definition) is 2. The number of nitrogens with one attached hydrogen (secondary N) is 1. The molecule has 94 valence electrons. The third-order valence-corrected chi connectivity index (χ3v) is 3.70. The molecule has 0 radical (unpaired) electrons. The van der Waals surface area contributed by atoms with Gasteiger partial charge in [0.25, 0.3) is 0 Å². The highest BCUT2D eigenvalue weighted by Crippen LogP contribution is 2.22. The Balaban J connectivity index is 2.02. The van der Waals surface area contributed by atoms with Crippen LogP contribution in [0.25, 0.3) is 0 Å². The smallest absolute Gasteiger partial charge is 0.0473 e. The Hall–Kier alpha value is -0.860. The van der Waals surface area contributed by atoms with Crippen LogP contribution < -0.4 is 11.1 Å². The highest BCUT2D eigenvalue weighted by atomic mass is 15.0. The van der Waals surface area contributed by atoms with Crippen molar-refractivity contribution in [3.05, 3.63) is 35.9 Å². The van der Waals surface area contributed by atoms with Gasteiger partial charge in [-0.3, -0.25) is 0 Å². The van der Waals surface area contributed by atoms with Crippen LogP contribution in [0, 0.1) is 0 Å². The zero-order valence-electron chi connectivity index (χ0n) is 10.7. The molecule has 1 fully saturated rings. The van der Waals surface area contributed by atoms with Crippen LogP contribution in [-0.4, -0.2) is 12.1 Å². The molecule has 2 rings (SSSR count). The normalized spacial score (nSPS) is 21.1. The van der Waals surface area contributed by atoms with Crippen LogP contribution >= 0.6 is 0 Å². The average Bonchev–Trinajstić information content (AvgIpc) is 2.38. The second kappa shape index (κ2) is 6.18. The molecule has 1 saturated carbocycles. The van der Waals surface area contributed by atoms with Gasteiger partial charge in [-0.1, -0.05) is 49.6 Å². The summed E-state index contributed by atoms with van der Waals surface area (Å²) >= 11 is 0. The second-order valence-corrected chi connectivity index (χ2v) is 5.25. The van der Waals surface area contributed by atoms with Crippen LogP contribution in [0.4, 0.5) is 0 Å². The van der Waals surface area contributed by atoms with Crippen molar-refractivity contribution < 1.29 is 0 Å². The van der Waals surface area contributed by atoms with E-state index in [1.165, 1.54) is 37.7 Å². The molecule has 0 heterocycles. The van der Waals surface area contributed by atoms with Crippen LogP contribution in [0.1, 0.15) is 50.6 Å². The summed E-state index contributed by atoms with van der Waals surface area (Å²) in [6.45, 7) is 2.09. The monoisotopic (exact) mass is 232 g/mol. The van der Waals surface area contributed by atoms with Gasteiger partial charge in [-0.25, -0.2) is 0 Å². The fourth-order valence-corrected chi connectivity index (χ4v) is 2.74. The van der Waals surface area contributed by atoms with Gasteiger partial charge in [0.15, 0.2) is 0 Å². The highest BCUT2D eigenvalue weighted by molar-refractivity contribution is 5.20. The minimum atomic E-state index is 0.152. The molecule has 0 bridgehead atoms. The molecule has 1 aliphatic carbocycles. The highest BCUT2D eigenvalue weighted by Gasteiger charge is 2.21. The molecule has 1 aliphatic rings. The Morgan fingerprint density at radius 3 is 2.35 bits per heavy atom. The zero-order valence-corrected chi connectivity index (χ0v) is 10.7. The Kier molecular flexibility index (Phi) is 4.57. The molecule has 0 aliphatic heterocycles. The first-order valence-corrected chi connectivity index (χ1v) is 6.84. The Labute approximate surface area is 105 Å². The summed E-state index contributed by atoms with van der Waals surface area (Å²) in [7, 11) is 0. The van der Waals surface area contributed by atoms with Gasteiger partial charge >= 0.3 is 0 Å². The van der Waals surface area contributed by atoms with Crippen molar-refractivity contribution in [2.24, 2.45) is 5.73 Å². The summed E-state index contributed by atoms with van der Waals surface area (Å²) in [5.74, 6) is 0. The van der Waals surface area contributed by atoms with Crippen molar-refractivity contribution in [3.8, 4) is 0 Å². The van der Waals surface area contributed by atoms with Crippen LogP contribution in [0.5, 0.6) is 0 Å². The lowest BCUT2D eigenvalue weighted by Crippen LogP contribution is -2.42. The van der Waals surface area contributed by atoms with Crippen molar-refractivity contribution in [3.63, 3.8) is 0 Å². The van der Waals surface area contributed by atoms with Crippen molar-refractivity contribution in [2.75, 3.05) is 0 Å². The average molecular weight is 232 g/mol. The second-order valence-electron chi connectivity index (χ2n) is 5.25. The van der Waals surface area contributed by atoms with E-state index in [-0.39, 0.29) is 6.04 Å². The van der Waals surface area contributed by atoms with Gasteiger partial charge in [-0.15, -0.1) is 0 Å². The molecule has 2 heteroatoms. The van der Waals surface area contributed by atoms with Gasteiger partial charge < -0.3 is 11.1 Å². The molecule has 0 amide bonds. The minimum Gasteiger partial charge on any atom is -0.326 e. The molecular formula is C15H24N2. The van der Waals surface area contributed by atoms with Crippen LogP contribution in [-0.2, 0) is 0 Å². The third kappa shape index (κ3) is 3.55. The van der Waals surface area contributed by atoms with E-state index in [1.54, 1.807) is 0 Å². The van der Waals surface area contributed by atoms with E-state index in [9.17, 15) is 0 Å². The summed E-state index contributed by atoms with van der Waals surface area (Å²) in [6.07, 6.45) is 6.72. The molecule has 3 N–H and O–H groups in total. The standard InChI is InChI=1S/C15H24N2/c1-12(16)15(13-8-4-2-5-9-13)17-14-10-6-3-7-11-14/h2,4-5,8-9,12,14-15,17H,3,6-7,10-11,16H2,1H3. The van der Waals surface area contributed by atoms with Crippen LogP contribution in [0.3, 0.4) is 0 Å². The lowest BCUT2D eigenvalue weighted by Gasteiger charge is -2.31. The summed E-state index contributed by atoms with van der Waals surface area (Å²) in [6, 6.07) is 11.7. The van der Waals surface area contributed by atoms with E-state index >= 15 is 0 Å². The molecule has 2 atom stereocenters. The number of rotatable bonds is 4. The number of hydrogen-bond donors (Lipinski definition) is 2. The first kappa shape index (κ1) is 12.6. The zero-order chi connectivity index (χ0) is 12.1. The number of nitrogens with two attached hydrogens (primary N) is 1. The molecule has 2 nitrogen and oxygen atoms in total. The summed E-state index contributed by atoms with van der Waals surface area (Å²) in [5, 5.41) is 3.75.